The summed E-state index contributed by atoms with van der Waals surface area (Å²) in [4.78, 5) is 88.0. The van der Waals surface area contributed by atoms with Gasteiger partial charge in [-0.25, -0.2) is 4.79 Å². The summed E-state index contributed by atoms with van der Waals surface area (Å²) in [6, 6.07) is 4.97. The number of aliphatic carboxylic acids is 1. The van der Waals surface area contributed by atoms with Crippen LogP contribution in [0.25, 0.3) is 10.4 Å². The number of amides is 5. The summed E-state index contributed by atoms with van der Waals surface area (Å²) in [5, 5.41) is 18.8. The van der Waals surface area contributed by atoms with E-state index < -0.39 is 72.0 Å². The number of likely N-dealkylation sites (N-methyl/N-ethyl adjacent to an activating group) is 2. The van der Waals surface area contributed by atoms with Crippen molar-refractivity contribution in [2.24, 2.45) is 22.9 Å². The summed E-state index contributed by atoms with van der Waals surface area (Å²) in [6.07, 6.45) is 0.480. The summed E-state index contributed by atoms with van der Waals surface area (Å²) in [5.74, 6) is -4.31. The van der Waals surface area contributed by atoms with Crippen molar-refractivity contribution in [3.8, 4) is 0 Å². The SMILES string of the molecule is CC[C@H](C)[C@@H]([C@@H](CC(=O)N1CCC[C@H]1[C@H](OC)[C@@H](C)C(=O)N[C@@H](Cc1ccccc1)C(=O)O)OC)N(C)C(=O)[C@H](C)NC(=O)[C@H](C(C)C)N(C)C(=O)CCOCCOCCN=[N+]=[N-]. The Morgan fingerprint density at radius 2 is 1.57 bits per heavy atom. The number of methoxy groups -OCH3 is 2. The van der Waals surface area contributed by atoms with E-state index in [9.17, 15) is 33.9 Å². The van der Waals surface area contributed by atoms with E-state index in [4.69, 9.17) is 24.5 Å². The van der Waals surface area contributed by atoms with Crippen LogP contribution in [0.4, 0.5) is 0 Å². The van der Waals surface area contributed by atoms with Crippen molar-refractivity contribution in [1.29, 1.82) is 0 Å². The van der Waals surface area contributed by atoms with Gasteiger partial charge in [0.2, 0.25) is 29.5 Å². The van der Waals surface area contributed by atoms with Crippen molar-refractivity contribution in [3.05, 3.63) is 46.3 Å². The lowest BCUT2D eigenvalue weighted by Gasteiger charge is -2.40. The molecule has 1 saturated heterocycles. The Morgan fingerprint density at radius 1 is 0.921 bits per heavy atom. The number of likely N-dealkylation sites (tertiary alicyclic amines) is 1. The fourth-order valence-corrected chi connectivity index (χ4v) is 8.21. The Kier molecular flexibility index (Phi) is 24.2. The van der Waals surface area contributed by atoms with Crippen molar-refractivity contribution in [3.63, 3.8) is 0 Å². The summed E-state index contributed by atoms with van der Waals surface area (Å²) in [6.45, 7) is 12.3. The van der Waals surface area contributed by atoms with E-state index in [0.29, 0.717) is 25.8 Å². The number of nitrogens with one attached hydrogen (secondary N) is 2. The van der Waals surface area contributed by atoms with Crippen LogP contribution in [0.2, 0.25) is 0 Å². The Balaban J connectivity index is 2.12. The molecule has 19 nitrogen and oxygen atoms in total. The first-order valence-corrected chi connectivity index (χ1v) is 21.9. The maximum atomic E-state index is 14.2. The normalized spacial score (nSPS) is 17.6. The first kappa shape index (κ1) is 54.3. The van der Waals surface area contributed by atoms with E-state index >= 15 is 0 Å². The number of carboxylic acid groups (broad SMARTS) is 1. The molecule has 0 radical (unpaired) electrons. The highest BCUT2D eigenvalue weighted by Gasteiger charge is 2.43. The molecule has 354 valence electrons. The maximum absolute atomic E-state index is 14.2. The third-order valence-electron chi connectivity index (χ3n) is 11.8. The van der Waals surface area contributed by atoms with Gasteiger partial charge in [0, 0.05) is 52.7 Å². The monoisotopic (exact) mass is 889 g/mol. The van der Waals surface area contributed by atoms with Crippen LogP contribution < -0.4 is 10.6 Å². The van der Waals surface area contributed by atoms with Crippen LogP contribution in [0, 0.1) is 17.8 Å². The van der Waals surface area contributed by atoms with E-state index in [1.165, 1.54) is 24.0 Å². The van der Waals surface area contributed by atoms with Crippen molar-refractivity contribution >= 4 is 35.5 Å². The molecule has 3 N–H and O–H groups in total. The molecule has 1 aromatic rings. The van der Waals surface area contributed by atoms with Gasteiger partial charge >= 0.3 is 5.97 Å². The van der Waals surface area contributed by atoms with Gasteiger partial charge in [-0.3, -0.25) is 24.0 Å². The molecule has 1 aromatic carbocycles. The Hall–Kier alpha value is -4.81. The summed E-state index contributed by atoms with van der Waals surface area (Å²) in [5.41, 5.74) is 9.08. The molecular formula is C44H72N8O11. The second kappa shape index (κ2) is 28.1. The fraction of sp³-hybridized carbons (Fsp3) is 0.727. The number of azide groups is 1. The number of nitrogens with zero attached hydrogens (tertiary/aromatic N) is 6. The van der Waals surface area contributed by atoms with Gasteiger partial charge in [0.15, 0.2) is 0 Å². The Bertz CT molecular complexity index is 1660. The largest absolute Gasteiger partial charge is 0.480 e. The molecule has 1 fully saturated rings. The first-order chi connectivity index (χ1) is 29.9. The molecule has 1 aliphatic heterocycles. The fourth-order valence-electron chi connectivity index (χ4n) is 8.21. The van der Waals surface area contributed by atoms with Crippen LogP contribution in [0.1, 0.15) is 79.2 Å². The Labute approximate surface area is 372 Å². The van der Waals surface area contributed by atoms with Gasteiger partial charge in [0.1, 0.15) is 18.1 Å². The highest BCUT2D eigenvalue weighted by Crippen LogP contribution is 2.29. The average molecular weight is 889 g/mol. The molecule has 0 spiro atoms. The molecule has 63 heavy (non-hydrogen) atoms. The quantitative estimate of drug-likeness (QED) is 0.0456. The molecule has 9 atom stereocenters. The van der Waals surface area contributed by atoms with Crippen LogP contribution in [-0.2, 0) is 54.1 Å². The summed E-state index contributed by atoms with van der Waals surface area (Å²) < 4.78 is 22.6. The smallest absolute Gasteiger partial charge is 0.326 e. The van der Waals surface area contributed by atoms with Crippen LogP contribution >= 0.6 is 0 Å². The molecule has 1 aliphatic rings. The topological polar surface area (TPSA) is 242 Å². The zero-order valence-corrected chi connectivity index (χ0v) is 38.9. The van der Waals surface area contributed by atoms with E-state index in [0.717, 1.165) is 5.56 Å². The molecular weight excluding hydrogens is 817 g/mol. The number of rotatable bonds is 29. The van der Waals surface area contributed by atoms with E-state index in [-0.39, 0.29) is 75.9 Å². The molecule has 0 bridgehead atoms. The van der Waals surface area contributed by atoms with Gasteiger partial charge in [-0.1, -0.05) is 76.5 Å². The highest BCUT2D eigenvalue weighted by molar-refractivity contribution is 5.92. The standard InChI is InChI=1S/C44H72N8O11/c1-11-29(4)39(51(8)43(57)31(6)47-42(56)38(28(2)3)50(7)36(53)19-22-62-24-25-63-23-20-46-49-45)35(60-9)27-37(54)52-21-15-18-34(52)40(61-10)30(5)41(55)48-33(44(58)59)26-32-16-13-12-14-17-32/h12-14,16-17,28-31,33-35,38-40H,11,15,18-27H2,1-10H3,(H,47,56)(H,48,55)(H,58,59)/t29-,30+,31-,33-,34-,35+,38-,39-,40+/m0/s1. The Morgan fingerprint density at radius 3 is 2.14 bits per heavy atom. The van der Waals surface area contributed by atoms with Gasteiger partial charge in [-0.05, 0) is 42.7 Å². The zero-order valence-electron chi connectivity index (χ0n) is 38.9. The van der Waals surface area contributed by atoms with Crippen LogP contribution in [0.15, 0.2) is 35.4 Å². The lowest BCUT2D eigenvalue weighted by Crippen LogP contribution is -2.58. The van der Waals surface area contributed by atoms with Crippen molar-refractivity contribution < 1.29 is 52.8 Å². The maximum Gasteiger partial charge on any atom is 0.326 e. The number of ether oxygens (including phenoxy) is 4. The predicted molar refractivity (Wildman–Crippen MR) is 235 cm³/mol. The first-order valence-electron chi connectivity index (χ1n) is 21.9. The summed E-state index contributed by atoms with van der Waals surface area (Å²) >= 11 is 0. The van der Waals surface area contributed by atoms with E-state index in [1.54, 1.807) is 57.1 Å². The number of carbonyl (C=O) groups is 6. The minimum Gasteiger partial charge on any atom is -0.480 e. The number of hydrogen-bond donors (Lipinski definition) is 3. The third-order valence-corrected chi connectivity index (χ3v) is 11.8. The average Bonchev–Trinajstić information content (AvgIpc) is 3.74. The minimum atomic E-state index is -1.16. The number of carbonyl (C=O) groups excluding carboxylic acids is 5. The molecule has 1 heterocycles. The predicted octanol–water partition coefficient (Wildman–Crippen LogP) is 3.44. The number of hydrogen-bond acceptors (Lipinski definition) is 11. The second-order valence-electron chi connectivity index (χ2n) is 16.5. The van der Waals surface area contributed by atoms with Crippen molar-refractivity contribution in [1.82, 2.24) is 25.3 Å². The summed E-state index contributed by atoms with van der Waals surface area (Å²) in [7, 11) is 6.13. The van der Waals surface area contributed by atoms with E-state index in [2.05, 4.69) is 20.7 Å². The molecule has 5 amide bonds. The third kappa shape index (κ3) is 16.7. The van der Waals surface area contributed by atoms with Gasteiger partial charge in [0.05, 0.1) is 69.5 Å². The van der Waals surface area contributed by atoms with Crippen LogP contribution in [0.3, 0.4) is 0 Å². The number of carboxylic acids is 1. The molecule has 19 heteroatoms. The van der Waals surface area contributed by atoms with Crippen molar-refractivity contribution in [2.45, 2.75) is 122 Å². The lowest BCUT2D eigenvalue weighted by atomic mass is 9.90. The van der Waals surface area contributed by atoms with Gasteiger partial charge in [-0.2, -0.15) is 0 Å². The molecule has 0 unspecified atom stereocenters. The van der Waals surface area contributed by atoms with Gasteiger partial charge in [0.25, 0.3) is 0 Å². The molecule has 2 rings (SSSR count). The van der Waals surface area contributed by atoms with Gasteiger partial charge < -0.3 is 49.4 Å². The number of benzene rings is 1. The lowest BCUT2D eigenvalue weighted by molar-refractivity contribution is -0.148. The van der Waals surface area contributed by atoms with Crippen LogP contribution in [0.5, 0.6) is 0 Å². The molecule has 0 aliphatic carbocycles. The highest BCUT2D eigenvalue weighted by atomic mass is 16.5. The minimum absolute atomic E-state index is 0.0255. The molecule has 0 saturated carbocycles. The van der Waals surface area contributed by atoms with E-state index in [1.807, 2.05) is 33.8 Å². The van der Waals surface area contributed by atoms with Gasteiger partial charge in [-0.15, -0.1) is 0 Å². The van der Waals surface area contributed by atoms with Crippen LogP contribution in [-0.4, -0.2) is 166 Å². The second-order valence-corrected chi connectivity index (χ2v) is 16.5. The molecule has 0 aromatic heterocycles. The van der Waals surface area contributed by atoms with Crippen molar-refractivity contribution in [2.75, 3.05) is 67.8 Å². The zero-order chi connectivity index (χ0) is 47.2.